The molecule has 0 spiro atoms. The highest BCUT2D eigenvalue weighted by Crippen LogP contribution is 2.48. The summed E-state index contributed by atoms with van der Waals surface area (Å²) in [4.78, 5) is 50.4. The van der Waals surface area contributed by atoms with Gasteiger partial charge in [0.05, 0.1) is 28.7 Å². The van der Waals surface area contributed by atoms with E-state index in [1.807, 2.05) is 18.2 Å². The fourth-order valence-electron chi connectivity index (χ4n) is 4.76. The number of halogens is 1. The van der Waals surface area contributed by atoms with Gasteiger partial charge in [-0.3, -0.25) is 19.2 Å². The van der Waals surface area contributed by atoms with Gasteiger partial charge in [-0.15, -0.1) is 0 Å². The summed E-state index contributed by atoms with van der Waals surface area (Å²) >= 11 is 6.44. The molecule has 38 heavy (non-hydrogen) atoms. The van der Waals surface area contributed by atoms with E-state index in [9.17, 15) is 34.5 Å². The third-order valence-corrected chi connectivity index (χ3v) is 6.85. The van der Waals surface area contributed by atoms with Gasteiger partial charge in [-0.2, -0.15) is 0 Å². The highest BCUT2D eigenvalue weighted by atomic mass is 35.5. The van der Waals surface area contributed by atoms with Crippen molar-refractivity contribution in [1.82, 2.24) is 4.90 Å². The average molecular weight is 538 g/mol. The lowest BCUT2D eigenvalue weighted by atomic mass is 9.56. The van der Waals surface area contributed by atoms with Crippen LogP contribution in [0.4, 0.5) is 0 Å². The Morgan fingerprint density at radius 2 is 1.18 bits per heavy atom. The molecule has 1 fully saturated rings. The second-order valence-corrected chi connectivity index (χ2v) is 9.38. The van der Waals surface area contributed by atoms with Crippen molar-refractivity contribution in [3.05, 3.63) is 95.0 Å². The zero-order valence-electron chi connectivity index (χ0n) is 19.9. The predicted molar refractivity (Wildman–Crippen MR) is 136 cm³/mol. The first-order valence-corrected chi connectivity index (χ1v) is 12.1. The molecule has 0 bridgehead atoms. The number of benzene rings is 3. The third-order valence-electron chi connectivity index (χ3n) is 6.56. The molecule has 1 aliphatic rings. The number of hydrogen-bond acceptors (Lipinski definition) is 5. The Hall–Kier alpha value is -4.37. The summed E-state index contributed by atoms with van der Waals surface area (Å²) < 4.78 is 5.79. The van der Waals surface area contributed by atoms with Crippen molar-refractivity contribution in [2.24, 2.45) is 23.7 Å². The number of para-hydroxylation sites is 1. The number of carbonyl (C=O) groups is 4. The fraction of sp³-hybridized carbons (Fsp3) is 0.214. The van der Waals surface area contributed by atoms with Gasteiger partial charge in [0.25, 0.3) is 0 Å². The second kappa shape index (κ2) is 11.4. The van der Waals surface area contributed by atoms with Crippen molar-refractivity contribution in [3.63, 3.8) is 0 Å². The van der Waals surface area contributed by atoms with Gasteiger partial charge in [0.1, 0.15) is 11.5 Å². The van der Waals surface area contributed by atoms with Gasteiger partial charge in [-0.1, -0.05) is 66.2 Å². The maximum atomic E-state index is 13.7. The van der Waals surface area contributed by atoms with Gasteiger partial charge in [-0.25, -0.2) is 0 Å². The summed E-state index contributed by atoms with van der Waals surface area (Å²) in [6.45, 7) is 0.0262. The number of rotatable bonds is 10. The van der Waals surface area contributed by atoms with Crippen LogP contribution in [0.5, 0.6) is 11.5 Å². The monoisotopic (exact) mass is 537 g/mol. The molecule has 1 aliphatic carbocycles. The molecule has 4 rings (SSSR count). The van der Waals surface area contributed by atoms with Crippen LogP contribution in [0.15, 0.2) is 78.9 Å². The SMILES string of the molecule is O=C(O)C1[C@H](C(=O)O)C(C(=O)N(Cc2ccccc2)Cc2ccc(Oc3ccccc3)c(Cl)c2)[C@H]1C(=O)O. The van der Waals surface area contributed by atoms with Crippen molar-refractivity contribution in [2.45, 2.75) is 13.1 Å². The molecule has 0 aliphatic heterocycles. The van der Waals surface area contributed by atoms with Crippen LogP contribution in [-0.2, 0) is 32.3 Å². The number of aliphatic carboxylic acids is 3. The summed E-state index contributed by atoms with van der Waals surface area (Å²) in [5, 5.41) is 29.1. The van der Waals surface area contributed by atoms with Gasteiger partial charge in [-0.05, 0) is 35.4 Å². The van der Waals surface area contributed by atoms with Gasteiger partial charge >= 0.3 is 17.9 Å². The Morgan fingerprint density at radius 3 is 1.71 bits per heavy atom. The quantitative estimate of drug-likeness (QED) is 0.345. The molecule has 0 aromatic heterocycles. The van der Waals surface area contributed by atoms with Gasteiger partial charge in [0.2, 0.25) is 5.91 Å². The molecule has 0 saturated heterocycles. The van der Waals surface area contributed by atoms with E-state index in [0.29, 0.717) is 17.1 Å². The van der Waals surface area contributed by atoms with E-state index < -0.39 is 47.5 Å². The Bertz CT molecular complexity index is 1330. The van der Waals surface area contributed by atoms with Crippen LogP contribution < -0.4 is 4.74 Å². The summed E-state index contributed by atoms with van der Waals surface area (Å²) in [6.07, 6.45) is 0. The zero-order valence-corrected chi connectivity index (χ0v) is 20.7. The number of nitrogens with zero attached hydrogens (tertiary/aromatic N) is 1. The first-order valence-electron chi connectivity index (χ1n) is 11.7. The third kappa shape index (κ3) is 5.63. The van der Waals surface area contributed by atoms with Crippen molar-refractivity contribution >= 4 is 35.4 Å². The molecule has 1 saturated carbocycles. The molecule has 1 amide bonds. The molecular weight excluding hydrogens is 514 g/mol. The van der Waals surface area contributed by atoms with E-state index in [1.165, 1.54) is 4.90 Å². The minimum absolute atomic E-state index is 0.0218. The normalized spacial score (nSPS) is 20.1. The van der Waals surface area contributed by atoms with E-state index in [2.05, 4.69) is 0 Å². The van der Waals surface area contributed by atoms with Gasteiger partial charge in [0.15, 0.2) is 0 Å². The molecule has 3 aromatic carbocycles. The van der Waals surface area contributed by atoms with E-state index in [-0.39, 0.29) is 18.1 Å². The molecule has 3 aromatic rings. The van der Waals surface area contributed by atoms with Crippen LogP contribution >= 0.6 is 11.6 Å². The fourth-order valence-corrected chi connectivity index (χ4v) is 5.01. The standard InChI is InChI=1S/C28H24ClNO8/c29-19-13-17(11-12-20(19)38-18-9-5-2-6-10-18)15-30(14-16-7-3-1-4-8-16)25(31)21-22(26(32)33)24(28(36)37)23(21)27(34)35/h1-13,21-24H,14-15H2,(H,32,33)(H,34,35)(H,36,37)/t21?,22-,23-,24?/m1/s1. The number of carbonyl (C=O) groups excluding carboxylic acids is 1. The lowest BCUT2D eigenvalue weighted by molar-refractivity contribution is -0.190. The van der Waals surface area contributed by atoms with Crippen LogP contribution in [-0.4, -0.2) is 44.0 Å². The Morgan fingerprint density at radius 1 is 0.684 bits per heavy atom. The summed E-state index contributed by atoms with van der Waals surface area (Å²) in [5.74, 6) is -11.0. The van der Waals surface area contributed by atoms with E-state index in [0.717, 1.165) is 5.56 Å². The topological polar surface area (TPSA) is 141 Å². The van der Waals surface area contributed by atoms with Crippen LogP contribution in [0.2, 0.25) is 5.02 Å². The molecule has 0 unspecified atom stereocenters. The Balaban J connectivity index is 1.63. The number of carboxylic acid groups (broad SMARTS) is 3. The van der Waals surface area contributed by atoms with Crippen LogP contribution in [0.1, 0.15) is 11.1 Å². The first-order chi connectivity index (χ1) is 18.2. The molecule has 9 nitrogen and oxygen atoms in total. The highest BCUT2D eigenvalue weighted by molar-refractivity contribution is 6.32. The van der Waals surface area contributed by atoms with Crippen molar-refractivity contribution < 1.29 is 39.2 Å². The lowest BCUT2D eigenvalue weighted by Gasteiger charge is -2.45. The second-order valence-electron chi connectivity index (χ2n) is 8.98. The zero-order chi connectivity index (χ0) is 27.4. The van der Waals surface area contributed by atoms with Crippen molar-refractivity contribution in [1.29, 1.82) is 0 Å². The number of carboxylic acids is 3. The molecular formula is C28H24ClNO8. The molecule has 0 heterocycles. The van der Waals surface area contributed by atoms with Crippen molar-refractivity contribution in [3.8, 4) is 11.5 Å². The minimum Gasteiger partial charge on any atom is -0.481 e. The number of ether oxygens (including phenoxy) is 1. The van der Waals surface area contributed by atoms with E-state index >= 15 is 0 Å². The molecule has 0 radical (unpaired) electrons. The smallest absolute Gasteiger partial charge is 0.308 e. The van der Waals surface area contributed by atoms with Gasteiger partial charge < -0.3 is 25.0 Å². The maximum absolute atomic E-state index is 13.7. The van der Waals surface area contributed by atoms with Crippen molar-refractivity contribution in [2.75, 3.05) is 0 Å². The Kier molecular flexibility index (Phi) is 7.97. The van der Waals surface area contributed by atoms with Crippen LogP contribution in [0.3, 0.4) is 0 Å². The molecule has 10 heteroatoms. The summed E-state index contributed by atoms with van der Waals surface area (Å²) in [7, 11) is 0. The summed E-state index contributed by atoms with van der Waals surface area (Å²) in [6, 6.07) is 22.8. The average Bonchev–Trinajstić information content (AvgIpc) is 2.85. The minimum atomic E-state index is -1.71. The van der Waals surface area contributed by atoms with Crippen LogP contribution in [0.25, 0.3) is 0 Å². The van der Waals surface area contributed by atoms with Gasteiger partial charge in [0, 0.05) is 13.1 Å². The highest BCUT2D eigenvalue weighted by Gasteiger charge is 2.64. The molecule has 196 valence electrons. The lowest BCUT2D eigenvalue weighted by Crippen LogP contribution is -2.62. The maximum Gasteiger partial charge on any atom is 0.308 e. The predicted octanol–water partition coefficient (Wildman–Crippen LogP) is 4.39. The van der Waals surface area contributed by atoms with Crippen LogP contribution in [0, 0.1) is 23.7 Å². The number of hydrogen-bond donors (Lipinski definition) is 3. The largest absolute Gasteiger partial charge is 0.481 e. The molecule has 3 N–H and O–H groups in total. The first kappa shape index (κ1) is 26.7. The number of amides is 1. The van der Waals surface area contributed by atoms with E-state index in [1.54, 1.807) is 60.7 Å². The Labute approximate surface area is 222 Å². The molecule has 2 atom stereocenters. The summed E-state index contributed by atoms with van der Waals surface area (Å²) in [5.41, 5.74) is 1.32. The van der Waals surface area contributed by atoms with E-state index in [4.69, 9.17) is 16.3 Å².